The first-order valence-corrected chi connectivity index (χ1v) is 10.2. The van der Waals surface area contributed by atoms with Gasteiger partial charge in [-0.25, -0.2) is 8.42 Å². The van der Waals surface area contributed by atoms with Crippen LogP contribution >= 0.6 is 0 Å². The van der Waals surface area contributed by atoms with Crippen LogP contribution < -0.4 is 5.32 Å². The number of rotatable bonds is 6. The number of piperazine rings is 2. The third kappa shape index (κ3) is 5.00. The van der Waals surface area contributed by atoms with E-state index in [1.54, 1.807) is 6.07 Å². The number of nitrogens with one attached hydrogen (secondary N) is 1. The molecule has 9 nitrogen and oxygen atoms in total. The Morgan fingerprint density at radius 3 is 2.52 bits per heavy atom. The number of sulfonamides is 1. The summed E-state index contributed by atoms with van der Waals surface area (Å²) in [5.41, 5.74) is 0.420. The van der Waals surface area contributed by atoms with Crippen LogP contribution in [-0.4, -0.2) is 92.5 Å². The lowest BCUT2D eigenvalue weighted by molar-refractivity contribution is -0.132. The Balaban J connectivity index is 1.41. The van der Waals surface area contributed by atoms with Gasteiger partial charge in [-0.15, -0.1) is 0 Å². The fourth-order valence-corrected chi connectivity index (χ4v) is 4.57. The average Bonchev–Trinajstić information content (AvgIpc) is 3.13. The molecule has 0 unspecified atom stereocenters. The molecule has 2 aliphatic heterocycles. The molecule has 1 aromatic rings. The van der Waals surface area contributed by atoms with Gasteiger partial charge in [-0.2, -0.15) is 4.31 Å². The first kappa shape index (κ1) is 18.3. The van der Waals surface area contributed by atoms with Crippen molar-refractivity contribution in [1.82, 2.24) is 24.6 Å². The van der Waals surface area contributed by atoms with Gasteiger partial charge in [-0.1, -0.05) is 5.16 Å². The number of aromatic nitrogens is 1. The minimum absolute atomic E-state index is 0.134. The van der Waals surface area contributed by atoms with Crippen LogP contribution in [0.1, 0.15) is 12.1 Å². The highest BCUT2D eigenvalue weighted by Crippen LogP contribution is 2.13. The zero-order chi connectivity index (χ0) is 17.7. The maximum absolute atomic E-state index is 12.4. The number of hydrogen-bond donors (Lipinski definition) is 1. The Morgan fingerprint density at radius 1 is 1.16 bits per heavy atom. The number of hydrogen-bond acceptors (Lipinski definition) is 7. The van der Waals surface area contributed by atoms with Gasteiger partial charge in [-0.05, 0) is 0 Å². The Morgan fingerprint density at radius 2 is 1.88 bits per heavy atom. The smallest absolute Gasteiger partial charge is 0.223 e. The molecule has 3 rings (SSSR count). The molecule has 0 saturated carbocycles. The van der Waals surface area contributed by atoms with E-state index in [-0.39, 0.29) is 11.7 Å². The minimum Gasteiger partial charge on any atom is -0.364 e. The van der Waals surface area contributed by atoms with E-state index in [4.69, 9.17) is 0 Å². The standard InChI is InChI=1S/C15H25N5O4S/c21-15(19-6-3-16-4-7-19)1-5-18-8-10-20(11-9-18)25(22,23)13-14-2-12-24-17-14/h2,12,16H,1,3-11,13H2. The van der Waals surface area contributed by atoms with E-state index in [0.717, 1.165) is 26.2 Å². The molecule has 1 N–H and O–H groups in total. The predicted molar refractivity (Wildman–Crippen MR) is 91.2 cm³/mol. The zero-order valence-electron chi connectivity index (χ0n) is 14.3. The second kappa shape index (κ2) is 8.26. The third-order valence-electron chi connectivity index (χ3n) is 4.66. The SMILES string of the molecule is O=C(CCN1CCN(S(=O)(=O)Cc2ccon2)CC1)N1CCNCC1. The lowest BCUT2D eigenvalue weighted by Crippen LogP contribution is -2.50. The van der Waals surface area contributed by atoms with Gasteiger partial charge in [0.05, 0.1) is 5.69 Å². The molecule has 0 spiro atoms. The van der Waals surface area contributed by atoms with Crippen molar-refractivity contribution in [3.05, 3.63) is 18.0 Å². The van der Waals surface area contributed by atoms with E-state index in [0.29, 0.717) is 44.8 Å². The molecule has 140 valence electrons. The van der Waals surface area contributed by atoms with Crippen molar-refractivity contribution in [2.45, 2.75) is 12.2 Å². The van der Waals surface area contributed by atoms with Gasteiger partial charge in [0.1, 0.15) is 12.0 Å². The van der Waals surface area contributed by atoms with Gasteiger partial charge in [0.25, 0.3) is 0 Å². The molecule has 10 heteroatoms. The summed E-state index contributed by atoms with van der Waals surface area (Å²) in [4.78, 5) is 16.2. The van der Waals surface area contributed by atoms with Gasteiger partial charge in [-0.3, -0.25) is 4.79 Å². The molecule has 3 heterocycles. The van der Waals surface area contributed by atoms with E-state index in [1.165, 1.54) is 10.6 Å². The summed E-state index contributed by atoms with van der Waals surface area (Å²) in [6.07, 6.45) is 1.86. The van der Waals surface area contributed by atoms with Crippen molar-refractivity contribution in [2.24, 2.45) is 0 Å². The van der Waals surface area contributed by atoms with E-state index in [2.05, 4.69) is 19.9 Å². The fraction of sp³-hybridized carbons (Fsp3) is 0.733. The van der Waals surface area contributed by atoms with Crippen molar-refractivity contribution in [1.29, 1.82) is 0 Å². The quantitative estimate of drug-likeness (QED) is 0.681. The van der Waals surface area contributed by atoms with Crippen LogP contribution in [-0.2, 0) is 20.6 Å². The molecule has 1 amide bonds. The first-order chi connectivity index (χ1) is 12.0. The Bertz CT molecular complexity index is 649. The first-order valence-electron chi connectivity index (χ1n) is 8.62. The van der Waals surface area contributed by atoms with Crippen LogP contribution in [0.15, 0.2) is 16.9 Å². The molecule has 0 radical (unpaired) electrons. The lowest BCUT2D eigenvalue weighted by Gasteiger charge is -2.34. The second-order valence-electron chi connectivity index (χ2n) is 6.37. The molecule has 0 aromatic carbocycles. The number of carbonyl (C=O) groups excluding carboxylic acids is 1. The predicted octanol–water partition coefficient (Wildman–Crippen LogP) is -1.06. The number of nitrogens with zero attached hydrogens (tertiary/aromatic N) is 4. The molecule has 2 fully saturated rings. The Kier molecular flexibility index (Phi) is 6.05. The summed E-state index contributed by atoms with van der Waals surface area (Å²) in [6.45, 7) is 6.12. The van der Waals surface area contributed by atoms with E-state index in [1.807, 2.05) is 4.90 Å². The average molecular weight is 371 g/mol. The molecule has 1 aromatic heterocycles. The van der Waals surface area contributed by atoms with Crippen molar-refractivity contribution in [2.75, 3.05) is 58.9 Å². The maximum Gasteiger partial charge on any atom is 0.223 e. The minimum atomic E-state index is -3.38. The summed E-state index contributed by atoms with van der Waals surface area (Å²) in [5, 5.41) is 6.90. The highest BCUT2D eigenvalue weighted by Gasteiger charge is 2.28. The van der Waals surface area contributed by atoms with Crippen LogP contribution in [0.2, 0.25) is 0 Å². The van der Waals surface area contributed by atoms with Crippen molar-refractivity contribution in [3.63, 3.8) is 0 Å². The summed E-state index contributed by atoms with van der Waals surface area (Å²) in [5.74, 6) is 0.0490. The normalized spacial score (nSPS) is 20.7. The van der Waals surface area contributed by atoms with Gasteiger partial charge in [0.15, 0.2) is 0 Å². The molecule has 0 aliphatic carbocycles. The van der Waals surface area contributed by atoms with E-state index < -0.39 is 10.0 Å². The zero-order valence-corrected chi connectivity index (χ0v) is 15.1. The summed E-state index contributed by atoms with van der Waals surface area (Å²) in [6, 6.07) is 1.57. The topological polar surface area (TPSA) is 99.0 Å². The van der Waals surface area contributed by atoms with Gasteiger partial charge in [0, 0.05) is 71.4 Å². The fourth-order valence-electron chi connectivity index (χ4n) is 3.15. The summed E-state index contributed by atoms with van der Waals surface area (Å²) >= 11 is 0. The summed E-state index contributed by atoms with van der Waals surface area (Å²) < 4.78 is 31.0. The second-order valence-corrected chi connectivity index (χ2v) is 8.34. The number of amides is 1. The molecule has 0 bridgehead atoms. The van der Waals surface area contributed by atoms with Crippen LogP contribution in [0.4, 0.5) is 0 Å². The largest absolute Gasteiger partial charge is 0.364 e. The van der Waals surface area contributed by atoms with Crippen molar-refractivity contribution < 1.29 is 17.7 Å². The lowest BCUT2D eigenvalue weighted by atomic mass is 10.2. The monoisotopic (exact) mass is 371 g/mol. The highest BCUT2D eigenvalue weighted by atomic mass is 32.2. The van der Waals surface area contributed by atoms with Crippen molar-refractivity contribution in [3.8, 4) is 0 Å². The van der Waals surface area contributed by atoms with Crippen molar-refractivity contribution >= 4 is 15.9 Å². The Labute approximate surface area is 148 Å². The van der Waals surface area contributed by atoms with Crippen LogP contribution in [0.3, 0.4) is 0 Å². The van der Waals surface area contributed by atoms with Gasteiger partial charge >= 0.3 is 0 Å². The van der Waals surface area contributed by atoms with E-state index in [9.17, 15) is 13.2 Å². The van der Waals surface area contributed by atoms with Crippen LogP contribution in [0, 0.1) is 0 Å². The maximum atomic E-state index is 12.4. The molecule has 2 aliphatic rings. The molecular formula is C15H25N5O4S. The molecule has 2 saturated heterocycles. The van der Waals surface area contributed by atoms with Crippen LogP contribution in [0.25, 0.3) is 0 Å². The van der Waals surface area contributed by atoms with Crippen LogP contribution in [0.5, 0.6) is 0 Å². The van der Waals surface area contributed by atoms with E-state index >= 15 is 0 Å². The number of carbonyl (C=O) groups is 1. The van der Waals surface area contributed by atoms with Gasteiger partial charge < -0.3 is 19.6 Å². The molecular weight excluding hydrogens is 346 g/mol. The summed E-state index contributed by atoms with van der Waals surface area (Å²) in [7, 11) is -3.38. The third-order valence-corrected chi connectivity index (χ3v) is 6.47. The highest BCUT2D eigenvalue weighted by molar-refractivity contribution is 7.88. The van der Waals surface area contributed by atoms with Gasteiger partial charge in [0.2, 0.25) is 15.9 Å². The molecule has 25 heavy (non-hydrogen) atoms. The Hall–Kier alpha value is -1.49. The molecule has 0 atom stereocenters.